The Balaban J connectivity index is 1.97. The summed E-state index contributed by atoms with van der Waals surface area (Å²) in [6.07, 6.45) is 1.85. The smallest absolute Gasteiger partial charge is 0.192 e. The Hall–Kier alpha value is -0.810. The zero-order chi connectivity index (χ0) is 14.3. The molecule has 0 amide bonds. The van der Waals surface area contributed by atoms with Gasteiger partial charge in [0.05, 0.1) is 25.7 Å². The first-order valence-corrected chi connectivity index (χ1v) is 8.13. The van der Waals surface area contributed by atoms with Crippen molar-refractivity contribution < 1.29 is 4.79 Å². The first kappa shape index (κ1) is 14.1. The minimum atomic E-state index is 0.0642. The molecule has 0 unspecified atom stereocenters. The van der Waals surface area contributed by atoms with Gasteiger partial charge in [0.15, 0.2) is 5.78 Å². The molecule has 0 atom stereocenters. The third-order valence-electron chi connectivity index (χ3n) is 2.97. The fourth-order valence-corrected chi connectivity index (χ4v) is 3.91. The van der Waals surface area contributed by atoms with E-state index in [2.05, 4.69) is 15.9 Å². The normalized spacial score (nSPS) is 11.2. The fourth-order valence-electron chi connectivity index (χ4n) is 2.05. The van der Waals surface area contributed by atoms with Gasteiger partial charge in [0.25, 0.3) is 0 Å². The number of halogens is 3. The Morgan fingerprint density at radius 1 is 1.25 bits per heavy atom. The Bertz CT molecular complexity index is 809. The van der Waals surface area contributed by atoms with E-state index in [1.54, 1.807) is 6.07 Å². The van der Waals surface area contributed by atoms with Crippen molar-refractivity contribution in [3.8, 4) is 0 Å². The minimum Gasteiger partial charge on any atom is -0.340 e. The largest absolute Gasteiger partial charge is 0.340 e. The maximum absolute atomic E-state index is 12.2. The third kappa shape index (κ3) is 2.66. The van der Waals surface area contributed by atoms with Gasteiger partial charge in [-0.25, -0.2) is 0 Å². The van der Waals surface area contributed by atoms with Gasteiger partial charge < -0.3 is 4.57 Å². The Labute approximate surface area is 138 Å². The Kier molecular flexibility index (Phi) is 3.91. The molecule has 3 aromatic rings. The molecule has 6 heteroatoms. The molecule has 20 heavy (non-hydrogen) atoms. The first-order valence-electron chi connectivity index (χ1n) is 5.77. The molecule has 2 nitrogen and oxygen atoms in total. The van der Waals surface area contributed by atoms with Crippen LogP contribution < -0.4 is 0 Å². The number of aromatic nitrogens is 1. The average Bonchev–Trinajstić information content (AvgIpc) is 2.97. The maximum atomic E-state index is 12.2. The van der Waals surface area contributed by atoms with E-state index in [1.165, 1.54) is 11.3 Å². The number of rotatable bonds is 3. The van der Waals surface area contributed by atoms with Crippen LogP contribution in [-0.2, 0) is 6.54 Å². The SMILES string of the molecule is O=C(Cn1ccc2c(Cl)cc(Cl)cc21)c1ccc(Br)s1. The van der Waals surface area contributed by atoms with Crippen LogP contribution in [0, 0.1) is 0 Å². The van der Waals surface area contributed by atoms with Crippen LogP contribution >= 0.6 is 50.5 Å². The molecule has 0 bridgehead atoms. The van der Waals surface area contributed by atoms with E-state index in [0.717, 1.165) is 19.6 Å². The van der Waals surface area contributed by atoms with Crippen LogP contribution in [-0.4, -0.2) is 10.4 Å². The topological polar surface area (TPSA) is 22.0 Å². The van der Waals surface area contributed by atoms with Crippen molar-refractivity contribution in [1.29, 1.82) is 0 Å². The minimum absolute atomic E-state index is 0.0642. The lowest BCUT2D eigenvalue weighted by atomic mass is 10.2. The highest BCUT2D eigenvalue weighted by atomic mass is 79.9. The van der Waals surface area contributed by atoms with E-state index in [9.17, 15) is 4.79 Å². The van der Waals surface area contributed by atoms with Gasteiger partial charge in [-0.1, -0.05) is 23.2 Å². The molecule has 2 heterocycles. The van der Waals surface area contributed by atoms with E-state index < -0.39 is 0 Å². The molecule has 0 N–H and O–H groups in total. The molecule has 0 aliphatic heterocycles. The molecule has 0 spiro atoms. The van der Waals surface area contributed by atoms with E-state index in [4.69, 9.17) is 23.2 Å². The molecular formula is C14H8BrCl2NOS. The summed E-state index contributed by atoms with van der Waals surface area (Å²) in [6, 6.07) is 9.11. The summed E-state index contributed by atoms with van der Waals surface area (Å²) >= 11 is 17.0. The molecule has 2 aromatic heterocycles. The number of ketones is 1. The third-order valence-corrected chi connectivity index (χ3v) is 5.16. The van der Waals surface area contributed by atoms with Gasteiger partial charge in [0, 0.05) is 16.6 Å². The van der Waals surface area contributed by atoms with Gasteiger partial charge in [-0.05, 0) is 46.3 Å². The van der Waals surface area contributed by atoms with Gasteiger partial charge in [0.1, 0.15) is 0 Å². The second-order valence-corrected chi connectivity index (χ2v) is 7.60. The summed E-state index contributed by atoms with van der Waals surface area (Å²) in [7, 11) is 0. The number of hydrogen-bond acceptors (Lipinski definition) is 2. The van der Waals surface area contributed by atoms with E-state index >= 15 is 0 Å². The predicted octanol–water partition coefficient (Wildman–Crippen LogP) is 5.66. The summed E-state index contributed by atoms with van der Waals surface area (Å²) in [4.78, 5) is 13.0. The van der Waals surface area contributed by atoms with Gasteiger partial charge in [-0.15, -0.1) is 11.3 Å². The average molecular weight is 389 g/mol. The summed E-state index contributed by atoms with van der Waals surface area (Å²) in [6.45, 7) is 0.271. The molecule has 0 aliphatic carbocycles. The van der Waals surface area contributed by atoms with E-state index in [0.29, 0.717) is 10.0 Å². The Morgan fingerprint density at radius 2 is 2.05 bits per heavy atom. The highest BCUT2D eigenvalue weighted by Gasteiger charge is 2.12. The summed E-state index contributed by atoms with van der Waals surface area (Å²) in [5.41, 5.74) is 0.867. The number of thiophene rings is 1. The van der Waals surface area contributed by atoms with Crippen molar-refractivity contribution in [2.45, 2.75) is 6.54 Å². The van der Waals surface area contributed by atoms with Gasteiger partial charge in [0.2, 0.25) is 0 Å². The zero-order valence-electron chi connectivity index (χ0n) is 10.1. The zero-order valence-corrected chi connectivity index (χ0v) is 14.0. The Morgan fingerprint density at radius 3 is 2.75 bits per heavy atom. The maximum Gasteiger partial charge on any atom is 0.192 e. The first-order chi connectivity index (χ1) is 9.54. The van der Waals surface area contributed by atoms with Gasteiger partial charge in [-0.3, -0.25) is 4.79 Å². The summed E-state index contributed by atoms with van der Waals surface area (Å²) < 4.78 is 2.81. The standard InChI is InChI=1S/C14H8BrCl2NOS/c15-14-2-1-13(20-14)12(19)7-18-4-3-9-10(17)5-8(16)6-11(9)18/h1-6H,7H2. The van der Waals surface area contributed by atoms with Crippen LogP contribution in [0.5, 0.6) is 0 Å². The number of nitrogens with zero attached hydrogens (tertiary/aromatic N) is 1. The predicted molar refractivity (Wildman–Crippen MR) is 88.3 cm³/mol. The fraction of sp³-hybridized carbons (Fsp3) is 0.0714. The molecule has 1 aromatic carbocycles. The molecule has 0 aliphatic rings. The lowest BCUT2D eigenvalue weighted by molar-refractivity contribution is 0.0977. The lowest BCUT2D eigenvalue weighted by Crippen LogP contribution is -2.07. The van der Waals surface area contributed by atoms with Crippen LogP contribution in [0.25, 0.3) is 10.9 Å². The molecular weight excluding hydrogens is 381 g/mol. The van der Waals surface area contributed by atoms with Crippen molar-refractivity contribution in [3.05, 3.63) is 55.2 Å². The van der Waals surface area contributed by atoms with Crippen LogP contribution in [0.1, 0.15) is 9.67 Å². The van der Waals surface area contributed by atoms with E-state index in [1.807, 2.05) is 35.0 Å². The van der Waals surface area contributed by atoms with Crippen LogP contribution in [0.3, 0.4) is 0 Å². The molecule has 102 valence electrons. The molecule has 0 radical (unpaired) electrons. The molecule has 3 rings (SSSR count). The molecule has 0 saturated carbocycles. The monoisotopic (exact) mass is 387 g/mol. The highest BCUT2D eigenvalue weighted by molar-refractivity contribution is 9.11. The highest BCUT2D eigenvalue weighted by Crippen LogP contribution is 2.29. The van der Waals surface area contributed by atoms with Crippen molar-refractivity contribution in [2.24, 2.45) is 0 Å². The van der Waals surface area contributed by atoms with Crippen LogP contribution in [0.4, 0.5) is 0 Å². The van der Waals surface area contributed by atoms with E-state index in [-0.39, 0.29) is 12.3 Å². The van der Waals surface area contributed by atoms with Crippen molar-refractivity contribution >= 4 is 67.2 Å². The number of hydrogen-bond donors (Lipinski definition) is 0. The number of Topliss-reactive ketones (excluding diaryl/α,β-unsaturated/α-hetero) is 1. The summed E-state index contributed by atoms with van der Waals surface area (Å²) in [5, 5.41) is 2.06. The van der Waals surface area contributed by atoms with Gasteiger partial charge in [-0.2, -0.15) is 0 Å². The number of benzene rings is 1. The van der Waals surface area contributed by atoms with Gasteiger partial charge >= 0.3 is 0 Å². The van der Waals surface area contributed by atoms with Crippen LogP contribution in [0.15, 0.2) is 40.3 Å². The molecule has 0 fully saturated rings. The second kappa shape index (κ2) is 5.53. The van der Waals surface area contributed by atoms with Crippen molar-refractivity contribution in [3.63, 3.8) is 0 Å². The van der Waals surface area contributed by atoms with Crippen LogP contribution in [0.2, 0.25) is 10.0 Å². The number of carbonyl (C=O) groups excluding carboxylic acids is 1. The quantitative estimate of drug-likeness (QED) is 0.531. The summed E-state index contributed by atoms with van der Waals surface area (Å²) in [5.74, 6) is 0.0642. The van der Waals surface area contributed by atoms with Crippen molar-refractivity contribution in [2.75, 3.05) is 0 Å². The number of fused-ring (bicyclic) bond motifs is 1. The molecule has 0 saturated heterocycles. The van der Waals surface area contributed by atoms with Crippen molar-refractivity contribution in [1.82, 2.24) is 4.57 Å². The number of carbonyl (C=O) groups is 1. The lowest BCUT2D eigenvalue weighted by Gasteiger charge is -2.04. The second-order valence-electron chi connectivity index (χ2n) is 4.29.